The number of benzene rings is 2. The molecule has 3 heteroatoms. The van der Waals surface area contributed by atoms with Crippen molar-refractivity contribution in [2.45, 2.75) is 12.8 Å². The topological polar surface area (TPSA) is 50.8 Å². The highest BCUT2D eigenvalue weighted by molar-refractivity contribution is 5.58. The normalized spacial score (nSPS) is 15.9. The molecule has 0 atom stereocenters. The van der Waals surface area contributed by atoms with Crippen molar-refractivity contribution in [2.75, 3.05) is 18.0 Å². The molecule has 3 rings (SSSR count). The third-order valence-corrected chi connectivity index (χ3v) is 4.09. The van der Waals surface area contributed by atoms with Gasteiger partial charge in [0.1, 0.15) is 0 Å². The lowest BCUT2D eigenvalue weighted by molar-refractivity contribution is 0.681. The zero-order valence-corrected chi connectivity index (χ0v) is 12.9. The first-order chi connectivity index (χ1) is 11.3. The molecule has 3 nitrogen and oxygen atoms in total. The van der Waals surface area contributed by atoms with Gasteiger partial charge in [0.05, 0.1) is 23.3 Å². The van der Waals surface area contributed by atoms with E-state index in [0.717, 1.165) is 37.2 Å². The van der Waals surface area contributed by atoms with Crippen molar-refractivity contribution in [1.82, 2.24) is 0 Å². The Morgan fingerprint density at radius 2 is 1.48 bits per heavy atom. The van der Waals surface area contributed by atoms with E-state index in [1.54, 1.807) is 0 Å². The maximum atomic E-state index is 8.89. The fraction of sp³-hybridized carbons (Fsp3) is 0.200. The highest BCUT2D eigenvalue weighted by Crippen LogP contribution is 2.24. The molecule has 0 aliphatic carbocycles. The summed E-state index contributed by atoms with van der Waals surface area (Å²) in [6.07, 6.45) is 4.45. The molecule has 2 aromatic carbocycles. The summed E-state index contributed by atoms with van der Waals surface area (Å²) in [6.45, 7) is 1.95. The van der Waals surface area contributed by atoms with Gasteiger partial charge in [-0.25, -0.2) is 0 Å². The summed E-state index contributed by atoms with van der Waals surface area (Å²) in [5, 5.41) is 17.7. The van der Waals surface area contributed by atoms with Crippen LogP contribution in [-0.2, 0) is 0 Å². The monoisotopic (exact) mass is 299 g/mol. The molecule has 0 spiro atoms. The van der Waals surface area contributed by atoms with Crippen LogP contribution in [0.25, 0.3) is 6.08 Å². The highest BCUT2D eigenvalue weighted by atomic mass is 15.1. The lowest BCUT2D eigenvalue weighted by atomic mass is 10.0. The van der Waals surface area contributed by atoms with E-state index in [-0.39, 0.29) is 0 Å². The number of nitriles is 2. The second-order valence-corrected chi connectivity index (χ2v) is 5.72. The Kier molecular flexibility index (Phi) is 4.41. The van der Waals surface area contributed by atoms with E-state index in [0.29, 0.717) is 11.1 Å². The van der Waals surface area contributed by atoms with E-state index in [2.05, 4.69) is 23.1 Å². The van der Waals surface area contributed by atoms with Crippen LogP contribution in [0.15, 0.2) is 54.1 Å². The summed E-state index contributed by atoms with van der Waals surface area (Å²) in [4.78, 5) is 2.35. The maximum absolute atomic E-state index is 8.89. The minimum absolute atomic E-state index is 0.690. The van der Waals surface area contributed by atoms with Crippen LogP contribution >= 0.6 is 0 Å². The minimum atomic E-state index is 0.690. The predicted molar refractivity (Wildman–Crippen MR) is 91.7 cm³/mol. The Morgan fingerprint density at radius 3 is 2.09 bits per heavy atom. The SMILES string of the molecule is N#Cc1ccc(/C=C2\CCCN(c3ccc(C#N)cc3)C2)cc1. The first-order valence-electron chi connectivity index (χ1n) is 7.73. The molecule has 0 N–H and O–H groups in total. The third-order valence-electron chi connectivity index (χ3n) is 4.09. The Hall–Kier alpha value is -3.04. The zero-order valence-electron chi connectivity index (χ0n) is 12.9. The Morgan fingerprint density at radius 1 is 0.870 bits per heavy atom. The van der Waals surface area contributed by atoms with Crippen molar-refractivity contribution < 1.29 is 0 Å². The molecule has 0 amide bonds. The van der Waals surface area contributed by atoms with Crippen LogP contribution in [0.2, 0.25) is 0 Å². The quantitative estimate of drug-likeness (QED) is 0.838. The van der Waals surface area contributed by atoms with E-state index in [4.69, 9.17) is 10.5 Å². The molecule has 0 bridgehead atoms. The fourth-order valence-electron chi connectivity index (χ4n) is 2.87. The third kappa shape index (κ3) is 3.59. The van der Waals surface area contributed by atoms with Gasteiger partial charge in [-0.05, 0) is 54.8 Å². The Bertz CT molecular complexity index is 787. The summed E-state index contributed by atoms with van der Waals surface area (Å²) in [6, 6.07) is 19.8. The van der Waals surface area contributed by atoms with Crippen molar-refractivity contribution in [3.05, 3.63) is 70.8 Å². The Labute approximate surface area is 136 Å². The van der Waals surface area contributed by atoms with E-state index in [9.17, 15) is 0 Å². The van der Waals surface area contributed by atoms with Gasteiger partial charge >= 0.3 is 0 Å². The van der Waals surface area contributed by atoms with Gasteiger partial charge in [-0.15, -0.1) is 0 Å². The Balaban J connectivity index is 1.75. The second kappa shape index (κ2) is 6.81. The molecule has 2 aromatic rings. The predicted octanol–water partition coefficient (Wildman–Crippen LogP) is 4.11. The van der Waals surface area contributed by atoms with Gasteiger partial charge in [-0.2, -0.15) is 10.5 Å². The van der Waals surface area contributed by atoms with Crippen molar-refractivity contribution in [1.29, 1.82) is 10.5 Å². The molecule has 1 fully saturated rings. The molecule has 0 unspecified atom stereocenters. The molecular weight excluding hydrogens is 282 g/mol. The average Bonchev–Trinajstić information content (AvgIpc) is 2.63. The summed E-state index contributed by atoms with van der Waals surface area (Å²) in [7, 11) is 0. The molecule has 1 saturated heterocycles. The molecular formula is C20H17N3. The number of rotatable bonds is 2. The van der Waals surface area contributed by atoms with Crippen LogP contribution < -0.4 is 4.90 Å². The van der Waals surface area contributed by atoms with Gasteiger partial charge in [0.2, 0.25) is 0 Å². The number of anilines is 1. The summed E-state index contributed by atoms with van der Waals surface area (Å²) >= 11 is 0. The number of hydrogen-bond donors (Lipinski definition) is 0. The number of piperidine rings is 1. The van der Waals surface area contributed by atoms with E-state index < -0.39 is 0 Å². The molecule has 0 saturated carbocycles. The molecule has 23 heavy (non-hydrogen) atoms. The lowest BCUT2D eigenvalue weighted by Gasteiger charge is -2.31. The smallest absolute Gasteiger partial charge is 0.0991 e. The summed E-state index contributed by atoms with van der Waals surface area (Å²) in [5.74, 6) is 0. The highest BCUT2D eigenvalue weighted by Gasteiger charge is 2.14. The second-order valence-electron chi connectivity index (χ2n) is 5.72. The van der Waals surface area contributed by atoms with E-state index in [1.807, 2.05) is 48.5 Å². The van der Waals surface area contributed by atoms with Gasteiger partial charge in [-0.3, -0.25) is 0 Å². The van der Waals surface area contributed by atoms with E-state index in [1.165, 1.54) is 5.57 Å². The molecule has 1 aliphatic rings. The van der Waals surface area contributed by atoms with Crippen LogP contribution in [0.4, 0.5) is 5.69 Å². The minimum Gasteiger partial charge on any atom is -0.368 e. The summed E-state index contributed by atoms with van der Waals surface area (Å²) in [5.41, 5.74) is 5.08. The summed E-state index contributed by atoms with van der Waals surface area (Å²) < 4.78 is 0. The molecule has 1 heterocycles. The van der Waals surface area contributed by atoms with Gasteiger partial charge in [-0.1, -0.05) is 23.8 Å². The number of nitrogens with zero attached hydrogens (tertiary/aromatic N) is 3. The maximum Gasteiger partial charge on any atom is 0.0991 e. The standard InChI is InChI=1S/C20H17N3/c21-13-17-5-3-16(4-6-17)12-19-2-1-11-23(15-19)20-9-7-18(14-22)8-10-20/h3-10,12H,1-2,11,15H2/b19-12+. The molecule has 0 radical (unpaired) electrons. The number of hydrogen-bond acceptors (Lipinski definition) is 3. The first kappa shape index (κ1) is 14.9. The van der Waals surface area contributed by atoms with Crippen molar-refractivity contribution in [3.8, 4) is 12.1 Å². The van der Waals surface area contributed by atoms with Gasteiger partial charge in [0, 0.05) is 18.8 Å². The largest absolute Gasteiger partial charge is 0.368 e. The fourth-order valence-corrected chi connectivity index (χ4v) is 2.87. The zero-order chi connectivity index (χ0) is 16.1. The van der Waals surface area contributed by atoms with Crippen LogP contribution in [-0.4, -0.2) is 13.1 Å². The molecule has 1 aliphatic heterocycles. The van der Waals surface area contributed by atoms with Gasteiger partial charge in [0.25, 0.3) is 0 Å². The van der Waals surface area contributed by atoms with Crippen LogP contribution in [0.1, 0.15) is 29.5 Å². The van der Waals surface area contributed by atoms with Crippen LogP contribution in [0.5, 0.6) is 0 Å². The van der Waals surface area contributed by atoms with Crippen LogP contribution in [0, 0.1) is 22.7 Å². The van der Waals surface area contributed by atoms with Crippen LogP contribution in [0.3, 0.4) is 0 Å². The average molecular weight is 299 g/mol. The van der Waals surface area contributed by atoms with Gasteiger partial charge < -0.3 is 4.90 Å². The van der Waals surface area contributed by atoms with E-state index >= 15 is 0 Å². The van der Waals surface area contributed by atoms with Crippen molar-refractivity contribution >= 4 is 11.8 Å². The molecule has 0 aromatic heterocycles. The first-order valence-corrected chi connectivity index (χ1v) is 7.73. The lowest BCUT2D eigenvalue weighted by Crippen LogP contribution is -2.30. The van der Waals surface area contributed by atoms with Crippen molar-refractivity contribution in [2.24, 2.45) is 0 Å². The van der Waals surface area contributed by atoms with Gasteiger partial charge in [0.15, 0.2) is 0 Å². The van der Waals surface area contributed by atoms with Crippen molar-refractivity contribution in [3.63, 3.8) is 0 Å². The molecule has 112 valence electrons.